The van der Waals surface area contributed by atoms with Crippen LogP contribution in [0.25, 0.3) is 16.7 Å². The number of benzene rings is 2. The lowest BCUT2D eigenvalue weighted by molar-refractivity contribution is 0.202. The molecule has 3 aromatic rings. The van der Waals surface area contributed by atoms with Crippen molar-refractivity contribution < 1.29 is 9.84 Å². The standard InChI is InChI=1S/C19H23N3O2/c1-19(2,3)14-11-13(9-10-24-4)12-17(18(14)23)22-20-15-7-5-6-8-16(15)21-22/h5-8,11-12,23H,9-10H2,1-4H3. The number of aromatic hydroxyl groups is 1. The van der Waals surface area contributed by atoms with Crippen LogP contribution in [0.3, 0.4) is 0 Å². The van der Waals surface area contributed by atoms with Gasteiger partial charge in [0.25, 0.3) is 0 Å². The molecule has 0 unspecified atom stereocenters. The largest absolute Gasteiger partial charge is 0.505 e. The fourth-order valence-corrected chi connectivity index (χ4v) is 2.73. The second-order valence-corrected chi connectivity index (χ2v) is 6.98. The van der Waals surface area contributed by atoms with Crippen LogP contribution in [0.2, 0.25) is 0 Å². The summed E-state index contributed by atoms with van der Waals surface area (Å²) in [5.41, 5.74) is 4.00. The van der Waals surface area contributed by atoms with Gasteiger partial charge in [0.15, 0.2) is 0 Å². The molecule has 1 N–H and O–H groups in total. The van der Waals surface area contributed by atoms with Crippen LogP contribution in [0.4, 0.5) is 0 Å². The smallest absolute Gasteiger partial charge is 0.146 e. The molecule has 3 rings (SSSR count). The fraction of sp³-hybridized carbons (Fsp3) is 0.368. The number of hydrogen-bond donors (Lipinski definition) is 1. The molecule has 0 aliphatic carbocycles. The molecule has 1 heterocycles. The first-order valence-electron chi connectivity index (χ1n) is 8.08. The zero-order chi connectivity index (χ0) is 17.3. The van der Waals surface area contributed by atoms with E-state index in [0.717, 1.165) is 28.6 Å². The maximum atomic E-state index is 10.8. The highest BCUT2D eigenvalue weighted by molar-refractivity contribution is 5.73. The van der Waals surface area contributed by atoms with Gasteiger partial charge < -0.3 is 9.84 Å². The van der Waals surface area contributed by atoms with Gasteiger partial charge in [0.1, 0.15) is 22.5 Å². The third kappa shape index (κ3) is 3.12. The Morgan fingerprint density at radius 2 is 1.71 bits per heavy atom. The van der Waals surface area contributed by atoms with Crippen molar-refractivity contribution in [3.63, 3.8) is 0 Å². The molecular formula is C19H23N3O2. The van der Waals surface area contributed by atoms with E-state index in [1.807, 2.05) is 36.4 Å². The highest BCUT2D eigenvalue weighted by Gasteiger charge is 2.23. The Morgan fingerprint density at radius 1 is 1.08 bits per heavy atom. The topological polar surface area (TPSA) is 60.2 Å². The Bertz CT molecular complexity index is 830. The second kappa shape index (κ2) is 6.24. The number of hydrogen-bond acceptors (Lipinski definition) is 4. The van der Waals surface area contributed by atoms with E-state index < -0.39 is 0 Å². The van der Waals surface area contributed by atoms with Gasteiger partial charge in [-0.25, -0.2) is 0 Å². The van der Waals surface area contributed by atoms with E-state index in [9.17, 15) is 5.11 Å². The van der Waals surface area contributed by atoms with Gasteiger partial charge in [0, 0.05) is 12.7 Å². The van der Waals surface area contributed by atoms with Gasteiger partial charge in [0.05, 0.1) is 6.61 Å². The Morgan fingerprint density at radius 3 is 2.25 bits per heavy atom. The van der Waals surface area contributed by atoms with Crippen LogP contribution in [0.15, 0.2) is 36.4 Å². The van der Waals surface area contributed by atoms with Crippen molar-refractivity contribution in [2.45, 2.75) is 32.6 Å². The average Bonchev–Trinajstić information content (AvgIpc) is 2.96. The highest BCUT2D eigenvalue weighted by Crippen LogP contribution is 2.36. The first-order chi connectivity index (χ1) is 11.4. The molecule has 0 aliphatic rings. The van der Waals surface area contributed by atoms with Crippen LogP contribution < -0.4 is 0 Å². The molecule has 0 aliphatic heterocycles. The van der Waals surface area contributed by atoms with Crippen molar-refractivity contribution in [1.82, 2.24) is 15.0 Å². The van der Waals surface area contributed by atoms with Crippen molar-refractivity contribution in [3.8, 4) is 11.4 Å². The third-order valence-corrected chi connectivity index (χ3v) is 4.05. The zero-order valence-electron chi connectivity index (χ0n) is 14.6. The molecule has 2 aromatic carbocycles. The first kappa shape index (κ1) is 16.5. The molecule has 0 spiro atoms. The maximum Gasteiger partial charge on any atom is 0.146 e. The monoisotopic (exact) mass is 325 g/mol. The lowest BCUT2D eigenvalue weighted by Crippen LogP contribution is -2.14. The van der Waals surface area contributed by atoms with Gasteiger partial charge in [-0.3, -0.25) is 0 Å². The Kier molecular flexibility index (Phi) is 4.28. The molecule has 0 atom stereocenters. The first-order valence-corrected chi connectivity index (χ1v) is 8.08. The lowest BCUT2D eigenvalue weighted by atomic mass is 9.84. The average molecular weight is 325 g/mol. The van der Waals surface area contributed by atoms with Gasteiger partial charge in [0.2, 0.25) is 0 Å². The second-order valence-electron chi connectivity index (χ2n) is 6.98. The molecule has 0 amide bonds. The van der Waals surface area contributed by atoms with Crippen molar-refractivity contribution in [1.29, 1.82) is 0 Å². The van der Waals surface area contributed by atoms with Crippen molar-refractivity contribution in [3.05, 3.63) is 47.5 Å². The molecule has 0 fully saturated rings. The summed E-state index contributed by atoms with van der Waals surface area (Å²) in [5.74, 6) is 0.226. The van der Waals surface area contributed by atoms with Crippen LogP contribution in [0.5, 0.6) is 5.75 Å². The molecule has 24 heavy (non-hydrogen) atoms. The van der Waals surface area contributed by atoms with Crippen LogP contribution >= 0.6 is 0 Å². The Hall–Kier alpha value is -2.40. The summed E-state index contributed by atoms with van der Waals surface area (Å²) in [6.07, 6.45) is 0.771. The number of fused-ring (bicyclic) bond motifs is 1. The van der Waals surface area contributed by atoms with Crippen LogP contribution in [-0.2, 0) is 16.6 Å². The summed E-state index contributed by atoms with van der Waals surface area (Å²) in [4.78, 5) is 1.52. The minimum Gasteiger partial charge on any atom is -0.505 e. The van der Waals surface area contributed by atoms with E-state index in [2.05, 4.69) is 31.0 Å². The summed E-state index contributed by atoms with van der Waals surface area (Å²) in [7, 11) is 1.69. The molecule has 0 bridgehead atoms. The minimum absolute atomic E-state index is 0.186. The molecule has 0 saturated heterocycles. The third-order valence-electron chi connectivity index (χ3n) is 4.05. The Labute approximate surface area is 141 Å². The molecule has 0 radical (unpaired) electrons. The molecular weight excluding hydrogens is 302 g/mol. The number of ether oxygens (including phenoxy) is 1. The number of phenols is 1. The molecule has 5 heteroatoms. The molecule has 0 saturated carbocycles. The van der Waals surface area contributed by atoms with Gasteiger partial charge >= 0.3 is 0 Å². The van der Waals surface area contributed by atoms with Crippen LogP contribution in [0, 0.1) is 0 Å². The lowest BCUT2D eigenvalue weighted by Gasteiger charge is -2.23. The van der Waals surface area contributed by atoms with Crippen LogP contribution in [0.1, 0.15) is 31.9 Å². The van der Waals surface area contributed by atoms with Gasteiger partial charge in [-0.15, -0.1) is 15.0 Å². The molecule has 126 valence electrons. The van der Waals surface area contributed by atoms with E-state index >= 15 is 0 Å². The number of aromatic nitrogens is 3. The summed E-state index contributed by atoms with van der Waals surface area (Å²) in [6, 6.07) is 11.7. The summed E-state index contributed by atoms with van der Waals surface area (Å²) in [6.45, 7) is 6.87. The van der Waals surface area contributed by atoms with Crippen molar-refractivity contribution in [2.24, 2.45) is 0 Å². The maximum absolute atomic E-state index is 10.8. The van der Waals surface area contributed by atoms with Crippen LogP contribution in [-0.4, -0.2) is 33.8 Å². The predicted molar refractivity (Wildman–Crippen MR) is 94.8 cm³/mol. The van der Waals surface area contributed by atoms with E-state index in [1.165, 1.54) is 4.80 Å². The number of methoxy groups -OCH3 is 1. The van der Waals surface area contributed by atoms with Crippen molar-refractivity contribution in [2.75, 3.05) is 13.7 Å². The number of phenolic OH excluding ortho intramolecular Hbond substituents is 1. The van der Waals surface area contributed by atoms with Gasteiger partial charge in [-0.05, 0) is 35.6 Å². The van der Waals surface area contributed by atoms with E-state index in [1.54, 1.807) is 7.11 Å². The van der Waals surface area contributed by atoms with Crippen molar-refractivity contribution >= 4 is 11.0 Å². The zero-order valence-corrected chi connectivity index (χ0v) is 14.6. The normalized spacial score (nSPS) is 12.0. The minimum atomic E-state index is -0.186. The SMILES string of the molecule is COCCc1cc(-n2nc3ccccc3n2)c(O)c(C(C)(C)C)c1. The number of rotatable bonds is 4. The van der Waals surface area contributed by atoms with Gasteiger partial charge in [-0.1, -0.05) is 39.0 Å². The highest BCUT2D eigenvalue weighted by atomic mass is 16.5. The summed E-state index contributed by atoms with van der Waals surface area (Å²) in [5, 5.41) is 19.8. The van der Waals surface area contributed by atoms with E-state index in [0.29, 0.717) is 12.3 Å². The molecule has 1 aromatic heterocycles. The number of nitrogens with zero attached hydrogens (tertiary/aromatic N) is 3. The fourth-order valence-electron chi connectivity index (χ4n) is 2.73. The van der Waals surface area contributed by atoms with E-state index in [-0.39, 0.29) is 11.2 Å². The molecule has 5 nitrogen and oxygen atoms in total. The summed E-state index contributed by atoms with van der Waals surface area (Å²) >= 11 is 0. The summed E-state index contributed by atoms with van der Waals surface area (Å²) < 4.78 is 5.19. The van der Waals surface area contributed by atoms with E-state index in [4.69, 9.17) is 4.74 Å². The quantitative estimate of drug-likeness (QED) is 0.796. The Balaban J connectivity index is 2.17. The van der Waals surface area contributed by atoms with Gasteiger partial charge in [-0.2, -0.15) is 0 Å². The predicted octanol–water partition coefficient (Wildman–Crippen LogP) is 3.61.